The SMILES string of the molecule is CN(C(=O)OC(C)(C)C)C1CC=C(OS(=O)(=O)C(F)(F)F)CC1. The molecular formula is C13H20F3NO5S. The predicted molar refractivity (Wildman–Crippen MR) is 75.8 cm³/mol. The van der Waals surface area contributed by atoms with Crippen molar-refractivity contribution in [2.24, 2.45) is 0 Å². The van der Waals surface area contributed by atoms with Crippen molar-refractivity contribution in [3.8, 4) is 0 Å². The maximum atomic E-state index is 12.2. The van der Waals surface area contributed by atoms with Gasteiger partial charge in [0, 0.05) is 19.5 Å². The molecule has 10 heteroatoms. The van der Waals surface area contributed by atoms with Crippen LogP contribution >= 0.6 is 0 Å². The normalized spacial score (nSPS) is 19.8. The fourth-order valence-corrected chi connectivity index (χ4v) is 2.42. The van der Waals surface area contributed by atoms with Gasteiger partial charge in [-0.15, -0.1) is 0 Å². The average molecular weight is 359 g/mol. The number of hydrogen-bond acceptors (Lipinski definition) is 5. The summed E-state index contributed by atoms with van der Waals surface area (Å²) in [6.07, 6.45) is 1.13. The molecule has 0 aromatic heterocycles. The fraction of sp³-hybridized carbons (Fsp3) is 0.769. The van der Waals surface area contributed by atoms with Crippen molar-refractivity contribution in [1.29, 1.82) is 0 Å². The molecule has 1 unspecified atom stereocenters. The first-order valence-corrected chi connectivity index (χ1v) is 8.29. The number of ether oxygens (including phenoxy) is 1. The van der Waals surface area contributed by atoms with E-state index in [0.29, 0.717) is 0 Å². The van der Waals surface area contributed by atoms with Crippen LogP contribution < -0.4 is 0 Å². The minimum Gasteiger partial charge on any atom is -0.444 e. The van der Waals surface area contributed by atoms with E-state index < -0.39 is 27.3 Å². The smallest absolute Gasteiger partial charge is 0.444 e. The van der Waals surface area contributed by atoms with Gasteiger partial charge in [-0.05, 0) is 39.7 Å². The summed E-state index contributed by atoms with van der Waals surface area (Å²) in [7, 11) is -4.13. The van der Waals surface area contributed by atoms with Crippen LogP contribution in [-0.2, 0) is 19.0 Å². The highest BCUT2D eigenvalue weighted by Gasteiger charge is 2.49. The lowest BCUT2D eigenvalue weighted by molar-refractivity contribution is -0.0524. The van der Waals surface area contributed by atoms with Crippen LogP contribution in [0.5, 0.6) is 0 Å². The molecule has 1 aliphatic carbocycles. The molecule has 0 fully saturated rings. The summed E-state index contributed by atoms with van der Waals surface area (Å²) < 4.78 is 67.9. The number of carbonyl (C=O) groups excluding carboxylic acids is 1. The van der Waals surface area contributed by atoms with Crippen LogP contribution in [0, 0.1) is 0 Å². The maximum absolute atomic E-state index is 12.2. The summed E-state index contributed by atoms with van der Waals surface area (Å²) >= 11 is 0. The predicted octanol–water partition coefficient (Wildman–Crippen LogP) is 3.16. The Balaban J connectivity index is 2.67. The number of alkyl halides is 3. The molecule has 0 saturated carbocycles. The van der Waals surface area contributed by atoms with Crippen LogP contribution in [0.3, 0.4) is 0 Å². The molecular weight excluding hydrogens is 339 g/mol. The van der Waals surface area contributed by atoms with Crippen LogP contribution in [0.2, 0.25) is 0 Å². The number of carbonyl (C=O) groups is 1. The van der Waals surface area contributed by atoms with Gasteiger partial charge in [0.25, 0.3) is 0 Å². The van der Waals surface area contributed by atoms with Gasteiger partial charge in [-0.1, -0.05) is 0 Å². The second kappa shape index (κ2) is 6.58. The van der Waals surface area contributed by atoms with Crippen molar-refractivity contribution in [2.75, 3.05) is 7.05 Å². The molecule has 0 bridgehead atoms. The minimum absolute atomic E-state index is 0.0207. The molecule has 6 nitrogen and oxygen atoms in total. The summed E-state index contributed by atoms with van der Waals surface area (Å²) in [5, 5.41) is 0. The Kier molecular flexibility index (Phi) is 5.61. The maximum Gasteiger partial charge on any atom is 0.534 e. The molecule has 0 saturated heterocycles. The summed E-state index contributed by atoms with van der Waals surface area (Å²) in [4.78, 5) is 13.3. The van der Waals surface area contributed by atoms with E-state index in [1.165, 1.54) is 18.0 Å². The largest absolute Gasteiger partial charge is 0.534 e. The molecule has 0 aromatic rings. The average Bonchev–Trinajstić information content (AvgIpc) is 2.35. The Labute approximate surface area is 133 Å². The topological polar surface area (TPSA) is 72.9 Å². The Morgan fingerprint density at radius 3 is 2.26 bits per heavy atom. The van der Waals surface area contributed by atoms with Crippen LogP contribution in [0.4, 0.5) is 18.0 Å². The molecule has 0 N–H and O–H groups in total. The molecule has 0 aromatic carbocycles. The van der Waals surface area contributed by atoms with E-state index in [2.05, 4.69) is 4.18 Å². The molecule has 0 radical (unpaired) electrons. The summed E-state index contributed by atoms with van der Waals surface area (Å²) in [5.74, 6) is -0.267. The summed E-state index contributed by atoms with van der Waals surface area (Å²) in [6, 6.07) is -0.300. The van der Waals surface area contributed by atoms with Crippen LogP contribution in [0.15, 0.2) is 11.8 Å². The highest BCUT2D eigenvalue weighted by molar-refractivity contribution is 7.87. The Bertz CT molecular complexity index is 577. The number of nitrogens with zero attached hydrogens (tertiary/aromatic N) is 1. The van der Waals surface area contributed by atoms with Crippen LogP contribution in [-0.4, -0.2) is 43.6 Å². The zero-order valence-electron chi connectivity index (χ0n) is 13.3. The van der Waals surface area contributed by atoms with E-state index in [-0.39, 0.29) is 31.1 Å². The first-order valence-electron chi connectivity index (χ1n) is 6.88. The van der Waals surface area contributed by atoms with Gasteiger partial charge in [-0.3, -0.25) is 0 Å². The number of halogens is 3. The zero-order valence-corrected chi connectivity index (χ0v) is 14.1. The number of allylic oxidation sites excluding steroid dienone is 1. The van der Waals surface area contributed by atoms with E-state index in [0.717, 1.165) is 0 Å². The van der Waals surface area contributed by atoms with E-state index in [4.69, 9.17) is 4.74 Å². The highest BCUT2D eigenvalue weighted by atomic mass is 32.2. The highest BCUT2D eigenvalue weighted by Crippen LogP contribution is 2.30. The van der Waals surface area contributed by atoms with Crippen molar-refractivity contribution >= 4 is 16.2 Å². The molecule has 1 rings (SSSR count). The number of rotatable bonds is 3. The molecule has 134 valence electrons. The lowest BCUT2D eigenvalue weighted by Crippen LogP contribution is -2.41. The van der Waals surface area contributed by atoms with Crippen molar-refractivity contribution in [2.45, 2.75) is 57.2 Å². The van der Waals surface area contributed by atoms with Gasteiger partial charge in [0.1, 0.15) is 11.4 Å². The summed E-state index contributed by atoms with van der Waals surface area (Å²) in [6.45, 7) is 5.15. The van der Waals surface area contributed by atoms with Crippen molar-refractivity contribution in [3.05, 3.63) is 11.8 Å². The quantitative estimate of drug-likeness (QED) is 0.572. The van der Waals surface area contributed by atoms with Crippen molar-refractivity contribution < 1.29 is 35.3 Å². The van der Waals surface area contributed by atoms with Gasteiger partial charge in [-0.25, -0.2) is 4.79 Å². The standard InChI is InChI=1S/C13H20F3NO5S/c1-12(2,3)21-11(18)17(4)9-5-7-10(8-6-9)22-23(19,20)13(14,15)16/h7,9H,5-6,8H2,1-4H3. The summed E-state index contributed by atoms with van der Waals surface area (Å²) in [5.41, 5.74) is -6.12. The monoisotopic (exact) mass is 359 g/mol. The Hall–Kier alpha value is -1.45. The lowest BCUT2D eigenvalue weighted by atomic mass is 10.00. The molecule has 0 aliphatic heterocycles. The van der Waals surface area contributed by atoms with Crippen molar-refractivity contribution in [1.82, 2.24) is 4.90 Å². The molecule has 1 atom stereocenters. The van der Waals surface area contributed by atoms with Crippen LogP contribution in [0.25, 0.3) is 0 Å². The second-order valence-corrected chi connectivity index (χ2v) is 7.71. The second-order valence-electron chi connectivity index (χ2n) is 6.17. The van der Waals surface area contributed by atoms with Gasteiger partial charge < -0.3 is 13.8 Å². The molecule has 0 spiro atoms. The van der Waals surface area contributed by atoms with E-state index in [1.807, 2.05) is 0 Å². The number of hydrogen-bond donors (Lipinski definition) is 0. The Morgan fingerprint density at radius 1 is 1.30 bits per heavy atom. The van der Waals surface area contributed by atoms with Crippen LogP contribution in [0.1, 0.15) is 40.0 Å². The molecule has 1 amide bonds. The first kappa shape index (κ1) is 19.6. The van der Waals surface area contributed by atoms with Gasteiger partial charge in [-0.2, -0.15) is 21.6 Å². The molecule has 1 aliphatic rings. The van der Waals surface area contributed by atoms with E-state index in [9.17, 15) is 26.4 Å². The van der Waals surface area contributed by atoms with Gasteiger partial charge in [0.15, 0.2) is 0 Å². The number of amides is 1. The minimum atomic E-state index is -5.65. The first-order chi connectivity index (χ1) is 10.2. The molecule has 23 heavy (non-hydrogen) atoms. The lowest BCUT2D eigenvalue weighted by Gasteiger charge is -2.32. The van der Waals surface area contributed by atoms with E-state index in [1.54, 1.807) is 20.8 Å². The molecule has 0 heterocycles. The van der Waals surface area contributed by atoms with Gasteiger partial charge in [0.2, 0.25) is 0 Å². The zero-order chi connectivity index (χ0) is 18.1. The van der Waals surface area contributed by atoms with Gasteiger partial charge in [0.05, 0.1) is 0 Å². The third-order valence-corrected chi connectivity index (χ3v) is 4.07. The Morgan fingerprint density at radius 2 is 1.87 bits per heavy atom. The third kappa shape index (κ3) is 5.60. The van der Waals surface area contributed by atoms with Gasteiger partial charge >= 0.3 is 21.7 Å². The third-order valence-electron chi connectivity index (χ3n) is 3.07. The van der Waals surface area contributed by atoms with E-state index >= 15 is 0 Å². The fourth-order valence-electron chi connectivity index (χ4n) is 1.89. The van der Waals surface area contributed by atoms with Crippen molar-refractivity contribution in [3.63, 3.8) is 0 Å².